The molecule has 2 rings (SSSR count). The van der Waals surface area contributed by atoms with Crippen LogP contribution in [0.5, 0.6) is 0 Å². The highest BCUT2D eigenvalue weighted by Crippen LogP contribution is 2.38. The third kappa shape index (κ3) is 2.40. The molecule has 2 atom stereocenters. The summed E-state index contributed by atoms with van der Waals surface area (Å²) in [7, 11) is 0. The van der Waals surface area contributed by atoms with Crippen molar-refractivity contribution in [2.24, 2.45) is 5.92 Å². The van der Waals surface area contributed by atoms with Crippen molar-refractivity contribution in [3.8, 4) is 0 Å². The number of halogens is 2. The molecule has 2 aliphatic rings. The third-order valence-corrected chi connectivity index (χ3v) is 3.89. The summed E-state index contributed by atoms with van der Waals surface area (Å²) >= 11 is 0. The van der Waals surface area contributed by atoms with E-state index >= 15 is 0 Å². The molecule has 1 saturated heterocycles. The number of hydrogen-bond acceptors (Lipinski definition) is 1. The minimum atomic E-state index is -0.563. The highest BCUT2D eigenvalue weighted by Gasteiger charge is 2.39. The molecule has 14 heavy (non-hydrogen) atoms. The molecule has 2 fully saturated rings. The van der Waals surface area contributed by atoms with Crippen LogP contribution in [0.1, 0.15) is 45.4 Å². The second kappa shape index (κ2) is 4.80. The molecule has 1 nitrogen and oxygen atoms in total. The van der Waals surface area contributed by atoms with Gasteiger partial charge < -0.3 is 5.32 Å². The highest BCUT2D eigenvalue weighted by molar-refractivity contribution is 5.85. The molecule has 0 bridgehead atoms. The second-order valence-corrected chi connectivity index (χ2v) is 4.92. The van der Waals surface area contributed by atoms with Crippen molar-refractivity contribution in [3.63, 3.8) is 0 Å². The van der Waals surface area contributed by atoms with Crippen molar-refractivity contribution < 1.29 is 4.39 Å². The van der Waals surface area contributed by atoms with E-state index in [1.54, 1.807) is 0 Å². The molecule has 1 aliphatic carbocycles. The Morgan fingerprint density at radius 2 is 1.86 bits per heavy atom. The predicted molar refractivity (Wildman–Crippen MR) is 59.7 cm³/mol. The van der Waals surface area contributed by atoms with E-state index in [4.69, 9.17) is 0 Å². The Hall–Kier alpha value is 0.180. The lowest BCUT2D eigenvalue weighted by Crippen LogP contribution is -2.53. The van der Waals surface area contributed by atoms with Gasteiger partial charge in [-0.3, -0.25) is 0 Å². The van der Waals surface area contributed by atoms with Crippen LogP contribution < -0.4 is 5.32 Å². The van der Waals surface area contributed by atoms with Crippen LogP contribution in [0.25, 0.3) is 0 Å². The molecule has 0 aromatic rings. The van der Waals surface area contributed by atoms with Gasteiger partial charge in [-0.1, -0.05) is 12.8 Å². The zero-order valence-electron chi connectivity index (χ0n) is 8.89. The number of nitrogens with one attached hydrogen (secondary N) is 1. The molecule has 0 spiro atoms. The fourth-order valence-corrected chi connectivity index (χ4v) is 3.02. The number of rotatable bonds is 1. The van der Waals surface area contributed by atoms with Gasteiger partial charge in [-0.2, -0.15) is 0 Å². The van der Waals surface area contributed by atoms with Crippen molar-refractivity contribution in [3.05, 3.63) is 0 Å². The summed E-state index contributed by atoms with van der Waals surface area (Å²) in [5, 5.41) is 3.53. The third-order valence-electron chi connectivity index (χ3n) is 3.89. The van der Waals surface area contributed by atoms with Gasteiger partial charge in [-0.15, -0.1) is 12.4 Å². The van der Waals surface area contributed by atoms with Crippen molar-refractivity contribution in [2.45, 2.75) is 57.2 Å². The maximum Gasteiger partial charge on any atom is 0.103 e. The van der Waals surface area contributed by atoms with Gasteiger partial charge in [0.05, 0.1) is 0 Å². The Balaban J connectivity index is 0.000000980. The molecule has 0 amide bonds. The Morgan fingerprint density at radius 3 is 2.43 bits per heavy atom. The molecule has 1 saturated carbocycles. The molecule has 1 heterocycles. The minimum absolute atomic E-state index is 0. The van der Waals surface area contributed by atoms with Gasteiger partial charge in [-0.25, -0.2) is 4.39 Å². The Morgan fingerprint density at radius 1 is 1.21 bits per heavy atom. The molecule has 84 valence electrons. The summed E-state index contributed by atoms with van der Waals surface area (Å²) in [6.07, 6.45) is 6.18. The molecule has 0 aromatic carbocycles. The smallest absolute Gasteiger partial charge is 0.103 e. The topological polar surface area (TPSA) is 12.0 Å². The van der Waals surface area contributed by atoms with Crippen LogP contribution in [0.2, 0.25) is 0 Å². The SMILES string of the molecule is CC1(C2CCCC2)CC(F)CCN1.Cl. The Kier molecular flexibility index (Phi) is 4.20. The maximum atomic E-state index is 13.3. The van der Waals surface area contributed by atoms with E-state index in [2.05, 4.69) is 12.2 Å². The molecule has 0 radical (unpaired) electrons. The summed E-state index contributed by atoms with van der Waals surface area (Å²) < 4.78 is 13.3. The Bertz CT molecular complexity index is 182. The first kappa shape index (κ1) is 12.3. The summed E-state index contributed by atoms with van der Waals surface area (Å²) in [4.78, 5) is 0. The van der Waals surface area contributed by atoms with Crippen molar-refractivity contribution in [1.82, 2.24) is 5.32 Å². The molecule has 0 aromatic heterocycles. The molecule has 1 aliphatic heterocycles. The van der Waals surface area contributed by atoms with Gasteiger partial charge in [0, 0.05) is 5.54 Å². The lowest BCUT2D eigenvalue weighted by molar-refractivity contribution is 0.115. The maximum absolute atomic E-state index is 13.3. The highest BCUT2D eigenvalue weighted by atomic mass is 35.5. The molecule has 3 heteroatoms. The zero-order chi connectivity index (χ0) is 9.31. The quantitative estimate of drug-likeness (QED) is 0.718. The van der Waals surface area contributed by atoms with Crippen LogP contribution in [0.4, 0.5) is 4.39 Å². The van der Waals surface area contributed by atoms with Crippen molar-refractivity contribution in [1.29, 1.82) is 0 Å². The van der Waals surface area contributed by atoms with E-state index < -0.39 is 6.17 Å². The van der Waals surface area contributed by atoms with Gasteiger partial charge in [0.25, 0.3) is 0 Å². The van der Waals surface area contributed by atoms with Gasteiger partial charge in [0.2, 0.25) is 0 Å². The Labute approximate surface area is 92.2 Å². The van der Waals surface area contributed by atoms with Gasteiger partial charge in [-0.05, 0) is 45.1 Å². The van der Waals surface area contributed by atoms with Crippen LogP contribution in [-0.2, 0) is 0 Å². The summed E-state index contributed by atoms with van der Waals surface area (Å²) in [6, 6.07) is 0. The van der Waals surface area contributed by atoms with Gasteiger partial charge in [0.1, 0.15) is 6.17 Å². The summed E-state index contributed by atoms with van der Waals surface area (Å²) in [6.45, 7) is 3.09. The van der Waals surface area contributed by atoms with E-state index in [0.29, 0.717) is 6.42 Å². The molecule has 2 unspecified atom stereocenters. The average molecular weight is 222 g/mol. The number of hydrogen-bond donors (Lipinski definition) is 1. The minimum Gasteiger partial charge on any atom is -0.311 e. The molecule has 1 N–H and O–H groups in total. The molecular formula is C11H21ClFN. The van der Waals surface area contributed by atoms with Crippen LogP contribution in [-0.4, -0.2) is 18.3 Å². The fraction of sp³-hybridized carbons (Fsp3) is 1.00. The monoisotopic (exact) mass is 221 g/mol. The second-order valence-electron chi connectivity index (χ2n) is 4.92. The predicted octanol–water partition coefficient (Wildman–Crippen LogP) is 3.08. The summed E-state index contributed by atoms with van der Waals surface area (Å²) in [5.41, 5.74) is 0.105. The number of piperidine rings is 1. The first-order valence-electron chi connectivity index (χ1n) is 5.60. The largest absolute Gasteiger partial charge is 0.311 e. The van der Waals surface area contributed by atoms with Gasteiger partial charge in [0.15, 0.2) is 0 Å². The van der Waals surface area contributed by atoms with E-state index in [1.807, 2.05) is 0 Å². The first-order chi connectivity index (χ1) is 6.21. The lowest BCUT2D eigenvalue weighted by Gasteiger charge is -2.41. The standard InChI is InChI=1S/C11H20FN.ClH/c1-11(9-4-2-3-5-9)8-10(12)6-7-13-11;/h9-10,13H,2-8H2,1H3;1H. The molecular weight excluding hydrogens is 201 g/mol. The van der Waals surface area contributed by atoms with Gasteiger partial charge >= 0.3 is 0 Å². The van der Waals surface area contributed by atoms with E-state index in [-0.39, 0.29) is 17.9 Å². The normalized spacial score (nSPS) is 39.4. The average Bonchev–Trinajstić information content (AvgIpc) is 2.55. The lowest BCUT2D eigenvalue weighted by atomic mass is 9.77. The van der Waals surface area contributed by atoms with E-state index in [0.717, 1.165) is 18.9 Å². The first-order valence-corrected chi connectivity index (χ1v) is 5.60. The number of alkyl halides is 1. The van der Waals surface area contributed by atoms with Crippen LogP contribution in [0.15, 0.2) is 0 Å². The van der Waals surface area contributed by atoms with Crippen molar-refractivity contribution >= 4 is 12.4 Å². The van der Waals surface area contributed by atoms with E-state index in [9.17, 15) is 4.39 Å². The summed E-state index contributed by atoms with van der Waals surface area (Å²) in [5.74, 6) is 0.728. The van der Waals surface area contributed by atoms with Crippen molar-refractivity contribution in [2.75, 3.05) is 6.54 Å². The van der Waals surface area contributed by atoms with Crippen LogP contribution >= 0.6 is 12.4 Å². The van der Waals surface area contributed by atoms with Crippen LogP contribution in [0.3, 0.4) is 0 Å². The zero-order valence-corrected chi connectivity index (χ0v) is 9.71. The fourth-order valence-electron chi connectivity index (χ4n) is 3.02. The van der Waals surface area contributed by atoms with E-state index in [1.165, 1.54) is 25.7 Å². The van der Waals surface area contributed by atoms with Crippen LogP contribution in [0, 0.1) is 5.92 Å².